The second kappa shape index (κ2) is 6.84. The molecule has 0 radical (unpaired) electrons. The summed E-state index contributed by atoms with van der Waals surface area (Å²) in [4.78, 5) is 25.9. The molecular weight excluding hydrogens is 304 g/mol. The molecule has 24 heavy (non-hydrogen) atoms. The summed E-state index contributed by atoms with van der Waals surface area (Å²) in [5.41, 5.74) is 8.95. The molecule has 1 amide bonds. The molecule has 0 saturated heterocycles. The van der Waals surface area contributed by atoms with Crippen LogP contribution < -0.4 is 5.73 Å². The maximum Gasteiger partial charge on any atom is 0.335 e. The molecule has 0 fully saturated rings. The molecule has 2 aromatic carbocycles. The smallest absolute Gasteiger partial charge is 0.335 e. The van der Waals surface area contributed by atoms with E-state index in [1.807, 2.05) is 18.2 Å². The fourth-order valence-corrected chi connectivity index (χ4v) is 3.35. The number of carboxylic acids is 1. The van der Waals surface area contributed by atoms with Crippen molar-refractivity contribution in [1.29, 1.82) is 0 Å². The monoisotopic (exact) mass is 324 g/mol. The van der Waals surface area contributed by atoms with Crippen LogP contribution in [0.5, 0.6) is 0 Å². The number of carbonyl (C=O) groups excluding carboxylic acids is 1. The van der Waals surface area contributed by atoms with Gasteiger partial charge in [0.15, 0.2) is 0 Å². The predicted molar refractivity (Wildman–Crippen MR) is 90.8 cm³/mol. The van der Waals surface area contributed by atoms with Gasteiger partial charge in [-0.1, -0.05) is 42.5 Å². The van der Waals surface area contributed by atoms with E-state index in [-0.39, 0.29) is 23.9 Å². The maximum absolute atomic E-state index is 12.8. The van der Waals surface area contributed by atoms with Gasteiger partial charge in [-0.25, -0.2) is 4.79 Å². The van der Waals surface area contributed by atoms with Gasteiger partial charge in [0.1, 0.15) is 0 Å². The molecule has 0 spiro atoms. The molecule has 1 heterocycles. The number of hydrogen-bond donors (Lipinski definition) is 2. The molecule has 1 unspecified atom stereocenters. The van der Waals surface area contributed by atoms with Crippen LogP contribution in [0.3, 0.4) is 0 Å². The van der Waals surface area contributed by atoms with E-state index in [0.29, 0.717) is 18.7 Å². The van der Waals surface area contributed by atoms with E-state index in [2.05, 4.69) is 6.07 Å². The predicted octanol–water partition coefficient (Wildman–Crippen LogP) is 2.01. The largest absolute Gasteiger partial charge is 0.478 e. The first-order valence-electron chi connectivity index (χ1n) is 8.00. The molecule has 0 aromatic heterocycles. The minimum Gasteiger partial charge on any atom is -0.478 e. The van der Waals surface area contributed by atoms with Crippen LogP contribution in [0.25, 0.3) is 0 Å². The first kappa shape index (κ1) is 16.2. The van der Waals surface area contributed by atoms with Crippen molar-refractivity contribution in [2.24, 2.45) is 5.73 Å². The lowest BCUT2D eigenvalue weighted by Gasteiger charge is -2.37. The van der Waals surface area contributed by atoms with Crippen LogP contribution in [0.15, 0.2) is 48.5 Å². The fourth-order valence-electron chi connectivity index (χ4n) is 3.35. The van der Waals surface area contributed by atoms with Crippen molar-refractivity contribution in [2.75, 3.05) is 13.1 Å². The van der Waals surface area contributed by atoms with Gasteiger partial charge in [-0.15, -0.1) is 0 Å². The quantitative estimate of drug-likeness (QED) is 0.901. The summed E-state index contributed by atoms with van der Waals surface area (Å²) in [6.07, 6.45) is 0.861. The van der Waals surface area contributed by atoms with Crippen LogP contribution >= 0.6 is 0 Å². The van der Waals surface area contributed by atoms with Crippen LogP contribution in [0.2, 0.25) is 0 Å². The third-order valence-electron chi connectivity index (χ3n) is 4.55. The van der Waals surface area contributed by atoms with E-state index in [4.69, 9.17) is 5.73 Å². The van der Waals surface area contributed by atoms with E-state index < -0.39 is 5.97 Å². The van der Waals surface area contributed by atoms with Crippen molar-refractivity contribution in [2.45, 2.75) is 18.9 Å². The van der Waals surface area contributed by atoms with Crippen LogP contribution in [0, 0.1) is 0 Å². The number of carboxylic acid groups (broad SMARTS) is 1. The number of fused-ring (bicyclic) bond motifs is 1. The maximum atomic E-state index is 12.8. The summed E-state index contributed by atoms with van der Waals surface area (Å²) in [7, 11) is 0. The van der Waals surface area contributed by atoms with Gasteiger partial charge in [-0.3, -0.25) is 4.79 Å². The van der Waals surface area contributed by atoms with Gasteiger partial charge in [-0.05, 0) is 29.2 Å². The summed E-state index contributed by atoms with van der Waals surface area (Å²) in [6, 6.07) is 14.5. The van der Waals surface area contributed by atoms with Crippen molar-refractivity contribution in [3.63, 3.8) is 0 Å². The van der Waals surface area contributed by atoms with Crippen molar-refractivity contribution in [3.8, 4) is 0 Å². The van der Waals surface area contributed by atoms with Crippen molar-refractivity contribution in [1.82, 2.24) is 4.90 Å². The number of amides is 1. The summed E-state index contributed by atoms with van der Waals surface area (Å²) in [6.45, 7) is 0.955. The third kappa shape index (κ3) is 3.03. The normalized spacial score (nSPS) is 16.5. The summed E-state index contributed by atoms with van der Waals surface area (Å²) >= 11 is 0. The van der Waals surface area contributed by atoms with Crippen LogP contribution in [0.4, 0.5) is 0 Å². The summed E-state index contributed by atoms with van der Waals surface area (Å²) < 4.78 is 0. The lowest BCUT2D eigenvalue weighted by Crippen LogP contribution is -2.43. The highest BCUT2D eigenvalue weighted by Gasteiger charge is 2.30. The van der Waals surface area contributed by atoms with Crippen molar-refractivity contribution >= 4 is 11.9 Å². The molecule has 3 rings (SSSR count). The van der Waals surface area contributed by atoms with Gasteiger partial charge in [0.25, 0.3) is 0 Å². The molecule has 1 aliphatic rings. The molecule has 0 bridgehead atoms. The number of hydrogen-bond acceptors (Lipinski definition) is 3. The van der Waals surface area contributed by atoms with Gasteiger partial charge in [0.2, 0.25) is 5.91 Å². The highest BCUT2D eigenvalue weighted by atomic mass is 16.4. The number of carbonyl (C=O) groups is 2. The Labute approximate surface area is 140 Å². The van der Waals surface area contributed by atoms with E-state index >= 15 is 0 Å². The van der Waals surface area contributed by atoms with Gasteiger partial charge in [0, 0.05) is 13.1 Å². The molecule has 1 aliphatic heterocycles. The highest BCUT2D eigenvalue weighted by Crippen LogP contribution is 2.29. The van der Waals surface area contributed by atoms with Gasteiger partial charge in [-0.2, -0.15) is 0 Å². The SMILES string of the molecule is NCC1c2ccccc2CCN1C(=O)Cc1ccccc1C(=O)O. The second-order valence-corrected chi connectivity index (χ2v) is 5.93. The number of benzene rings is 2. The molecule has 5 heteroatoms. The topological polar surface area (TPSA) is 83.6 Å². The average Bonchev–Trinajstić information content (AvgIpc) is 2.60. The van der Waals surface area contributed by atoms with Gasteiger partial charge >= 0.3 is 5.97 Å². The van der Waals surface area contributed by atoms with E-state index in [1.54, 1.807) is 23.1 Å². The summed E-state index contributed by atoms with van der Waals surface area (Å²) in [5.74, 6) is -1.11. The number of rotatable bonds is 4. The first-order chi connectivity index (χ1) is 11.6. The molecule has 3 N–H and O–H groups in total. The van der Waals surface area contributed by atoms with E-state index in [0.717, 1.165) is 12.0 Å². The Morgan fingerprint density at radius 2 is 1.83 bits per heavy atom. The summed E-state index contributed by atoms with van der Waals surface area (Å²) in [5, 5.41) is 9.27. The van der Waals surface area contributed by atoms with Crippen LogP contribution in [0.1, 0.15) is 33.1 Å². The molecular formula is C19H20N2O3. The Bertz CT molecular complexity index is 773. The van der Waals surface area contributed by atoms with Crippen molar-refractivity contribution < 1.29 is 14.7 Å². The Balaban J connectivity index is 1.85. The Hall–Kier alpha value is -2.66. The Kier molecular flexibility index (Phi) is 4.62. The minimum atomic E-state index is -1.02. The number of nitrogens with two attached hydrogens (primary N) is 1. The Morgan fingerprint density at radius 3 is 2.58 bits per heavy atom. The Morgan fingerprint density at radius 1 is 1.12 bits per heavy atom. The number of nitrogens with zero attached hydrogens (tertiary/aromatic N) is 1. The third-order valence-corrected chi connectivity index (χ3v) is 4.55. The molecule has 2 aromatic rings. The lowest BCUT2D eigenvalue weighted by atomic mass is 9.92. The zero-order valence-electron chi connectivity index (χ0n) is 13.3. The molecule has 1 atom stereocenters. The average molecular weight is 324 g/mol. The van der Waals surface area contributed by atoms with Crippen LogP contribution in [-0.2, 0) is 17.6 Å². The second-order valence-electron chi connectivity index (χ2n) is 5.93. The standard InChI is InChI=1S/C19H20N2O3/c20-12-17-15-7-3-1-5-13(15)9-10-21(17)18(22)11-14-6-2-4-8-16(14)19(23)24/h1-8,17H,9-12,20H2,(H,23,24). The fraction of sp³-hybridized carbons (Fsp3) is 0.263. The molecule has 5 nitrogen and oxygen atoms in total. The minimum absolute atomic E-state index is 0.0706. The zero-order valence-corrected chi connectivity index (χ0v) is 13.3. The molecule has 0 saturated carbocycles. The molecule has 124 valence electrons. The first-order valence-corrected chi connectivity index (χ1v) is 8.00. The van der Waals surface area contributed by atoms with Crippen molar-refractivity contribution in [3.05, 3.63) is 70.8 Å². The van der Waals surface area contributed by atoms with Gasteiger partial charge < -0.3 is 15.7 Å². The highest BCUT2D eigenvalue weighted by molar-refractivity contribution is 5.91. The van der Waals surface area contributed by atoms with E-state index in [1.165, 1.54) is 11.6 Å². The van der Waals surface area contributed by atoms with E-state index in [9.17, 15) is 14.7 Å². The van der Waals surface area contributed by atoms with Crippen LogP contribution in [-0.4, -0.2) is 35.0 Å². The molecule has 0 aliphatic carbocycles. The van der Waals surface area contributed by atoms with Gasteiger partial charge in [0.05, 0.1) is 18.0 Å². The zero-order chi connectivity index (χ0) is 17.1. The number of aromatic carboxylic acids is 1. The lowest BCUT2D eigenvalue weighted by molar-refractivity contribution is -0.133.